The van der Waals surface area contributed by atoms with Crippen molar-refractivity contribution in [2.24, 2.45) is 0 Å². The molecule has 2 aromatic heterocycles. The Morgan fingerprint density at radius 2 is 1.97 bits per heavy atom. The summed E-state index contributed by atoms with van der Waals surface area (Å²) in [6, 6.07) is 11.6. The maximum atomic E-state index is 13.6. The molecule has 0 aliphatic rings. The summed E-state index contributed by atoms with van der Waals surface area (Å²) in [4.78, 5) is 22.3. The number of carbonyl (C=O) groups excluding carboxylic acids is 1. The summed E-state index contributed by atoms with van der Waals surface area (Å²) < 4.78 is 12.4. The third-order valence-corrected chi connectivity index (χ3v) is 6.52. The number of thiazole rings is 1. The van der Waals surface area contributed by atoms with E-state index in [1.807, 2.05) is 32.3 Å². The number of aryl methyl sites for hydroxylation is 2. The third-order valence-electron chi connectivity index (χ3n) is 5.48. The fourth-order valence-corrected chi connectivity index (χ4v) is 4.64. The van der Waals surface area contributed by atoms with E-state index in [1.54, 1.807) is 18.1 Å². The van der Waals surface area contributed by atoms with Crippen molar-refractivity contribution in [1.82, 2.24) is 9.88 Å². The quantitative estimate of drug-likeness (QED) is 0.394. The van der Waals surface area contributed by atoms with Crippen molar-refractivity contribution in [2.75, 3.05) is 39.2 Å². The number of fused-ring (bicyclic) bond motifs is 2. The molecule has 0 unspecified atom stereocenters. The van der Waals surface area contributed by atoms with Crippen molar-refractivity contribution in [1.29, 1.82) is 0 Å². The lowest BCUT2D eigenvalue weighted by molar-refractivity contribution is 0.0961. The number of methoxy groups -OCH3 is 1. The van der Waals surface area contributed by atoms with E-state index in [1.165, 1.54) is 16.9 Å². The molecule has 0 fully saturated rings. The molecular weight excluding hydrogens is 410 g/mol. The third kappa shape index (κ3) is 4.16. The molecule has 7 heteroatoms. The number of furan rings is 1. The van der Waals surface area contributed by atoms with Crippen molar-refractivity contribution in [3.63, 3.8) is 0 Å². The maximum absolute atomic E-state index is 13.6. The van der Waals surface area contributed by atoms with Crippen LogP contribution >= 0.6 is 11.3 Å². The van der Waals surface area contributed by atoms with E-state index >= 15 is 0 Å². The molecule has 0 bridgehead atoms. The number of hydrogen-bond acceptors (Lipinski definition) is 6. The van der Waals surface area contributed by atoms with Gasteiger partial charge in [0.25, 0.3) is 5.91 Å². The van der Waals surface area contributed by atoms with Crippen molar-refractivity contribution in [3.8, 4) is 5.75 Å². The van der Waals surface area contributed by atoms with Gasteiger partial charge in [-0.25, -0.2) is 4.98 Å². The standard InChI is InChI=1S/C24H27N3O3S/c1-15-10-11-20-21(16(15)2)25-24(31-20)27(13-7-12-26(3)4)23(28)19-14-17-8-6-9-18(29-5)22(17)30-19/h6,8-11,14H,7,12-13H2,1-5H3. The molecule has 0 saturated heterocycles. The highest BCUT2D eigenvalue weighted by Gasteiger charge is 2.25. The molecule has 0 aliphatic heterocycles. The average Bonchev–Trinajstić information content (AvgIpc) is 3.37. The number of ether oxygens (including phenoxy) is 1. The zero-order chi connectivity index (χ0) is 22.1. The zero-order valence-corrected chi connectivity index (χ0v) is 19.4. The van der Waals surface area contributed by atoms with E-state index in [-0.39, 0.29) is 11.7 Å². The van der Waals surface area contributed by atoms with Gasteiger partial charge in [0.15, 0.2) is 22.2 Å². The van der Waals surface area contributed by atoms with Gasteiger partial charge >= 0.3 is 0 Å². The number of aromatic nitrogens is 1. The minimum Gasteiger partial charge on any atom is -0.493 e. The van der Waals surface area contributed by atoms with Gasteiger partial charge in [-0.3, -0.25) is 9.69 Å². The van der Waals surface area contributed by atoms with Crippen molar-refractivity contribution in [3.05, 3.63) is 53.3 Å². The predicted octanol–water partition coefficient (Wildman–Crippen LogP) is 5.27. The van der Waals surface area contributed by atoms with E-state index in [4.69, 9.17) is 14.1 Å². The van der Waals surface area contributed by atoms with E-state index in [0.29, 0.717) is 23.0 Å². The number of amides is 1. The SMILES string of the molecule is COc1cccc2cc(C(=O)N(CCCN(C)C)c3nc4c(C)c(C)ccc4s3)oc12. The Labute approximate surface area is 186 Å². The second kappa shape index (κ2) is 8.69. The maximum Gasteiger partial charge on any atom is 0.295 e. The largest absolute Gasteiger partial charge is 0.493 e. The molecule has 6 nitrogen and oxygen atoms in total. The minimum atomic E-state index is -0.189. The van der Waals surface area contributed by atoms with Gasteiger partial charge in [-0.15, -0.1) is 0 Å². The Hall–Kier alpha value is -2.90. The molecule has 0 N–H and O–H groups in total. The molecule has 4 rings (SSSR count). The number of hydrogen-bond donors (Lipinski definition) is 0. The van der Waals surface area contributed by atoms with Crippen LogP contribution in [-0.2, 0) is 0 Å². The zero-order valence-electron chi connectivity index (χ0n) is 18.6. The van der Waals surface area contributed by atoms with Crippen LogP contribution in [0, 0.1) is 13.8 Å². The van der Waals surface area contributed by atoms with Crippen LogP contribution < -0.4 is 9.64 Å². The van der Waals surface area contributed by atoms with Crippen LogP contribution in [0.4, 0.5) is 5.13 Å². The van der Waals surface area contributed by atoms with Crippen molar-refractivity contribution >= 4 is 43.6 Å². The van der Waals surface area contributed by atoms with Crippen LogP contribution in [-0.4, -0.2) is 50.1 Å². The molecule has 1 amide bonds. The van der Waals surface area contributed by atoms with Crippen LogP contribution in [0.3, 0.4) is 0 Å². The summed E-state index contributed by atoms with van der Waals surface area (Å²) in [5.41, 5.74) is 3.88. The van der Waals surface area contributed by atoms with Gasteiger partial charge < -0.3 is 14.1 Å². The molecule has 0 aliphatic carbocycles. The van der Waals surface area contributed by atoms with Gasteiger partial charge in [0.2, 0.25) is 0 Å². The van der Waals surface area contributed by atoms with Crippen LogP contribution in [0.2, 0.25) is 0 Å². The highest BCUT2D eigenvalue weighted by molar-refractivity contribution is 7.22. The average molecular weight is 438 g/mol. The van der Waals surface area contributed by atoms with Crippen LogP contribution in [0.25, 0.3) is 21.2 Å². The van der Waals surface area contributed by atoms with Gasteiger partial charge in [-0.1, -0.05) is 29.5 Å². The Balaban J connectivity index is 1.74. The predicted molar refractivity (Wildman–Crippen MR) is 127 cm³/mol. The number of rotatable bonds is 7. The summed E-state index contributed by atoms with van der Waals surface area (Å²) in [6.07, 6.45) is 0.830. The molecule has 0 saturated carbocycles. The van der Waals surface area contributed by atoms with Crippen molar-refractivity contribution < 1.29 is 13.9 Å². The minimum absolute atomic E-state index is 0.189. The molecule has 0 atom stereocenters. The summed E-state index contributed by atoms with van der Waals surface area (Å²) in [5, 5.41) is 1.53. The summed E-state index contributed by atoms with van der Waals surface area (Å²) in [6.45, 7) is 5.59. The van der Waals surface area contributed by atoms with Gasteiger partial charge in [-0.2, -0.15) is 0 Å². The fraction of sp³-hybridized carbons (Fsp3) is 0.333. The van der Waals surface area contributed by atoms with E-state index in [9.17, 15) is 4.79 Å². The second-order valence-electron chi connectivity index (χ2n) is 7.95. The smallest absolute Gasteiger partial charge is 0.295 e. The molecule has 31 heavy (non-hydrogen) atoms. The Kier molecular flexibility index (Phi) is 5.98. The highest BCUT2D eigenvalue weighted by Crippen LogP contribution is 2.34. The van der Waals surface area contributed by atoms with E-state index < -0.39 is 0 Å². The molecule has 0 radical (unpaired) electrons. The molecular formula is C24H27N3O3S. The first kappa shape index (κ1) is 21.3. The lowest BCUT2D eigenvalue weighted by atomic mass is 10.1. The molecule has 162 valence electrons. The van der Waals surface area contributed by atoms with Crippen molar-refractivity contribution in [2.45, 2.75) is 20.3 Å². The lowest BCUT2D eigenvalue weighted by Crippen LogP contribution is -2.33. The normalized spacial score (nSPS) is 11.5. The number of carbonyl (C=O) groups is 1. The van der Waals surface area contributed by atoms with Crippen LogP contribution in [0.5, 0.6) is 5.75 Å². The number of para-hydroxylation sites is 1. The molecule has 4 aromatic rings. The summed E-state index contributed by atoms with van der Waals surface area (Å²) >= 11 is 1.54. The Morgan fingerprint density at radius 3 is 2.71 bits per heavy atom. The number of anilines is 1. The van der Waals surface area contributed by atoms with E-state index in [0.717, 1.165) is 34.1 Å². The molecule has 0 spiro atoms. The first-order valence-electron chi connectivity index (χ1n) is 10.3. The summed E-state index contributed by atoms with van der Waals surface area (Å²) in [5.74, 6) is 0.712. The Morgan fingerprint density at radius 1 is 1.16 bits per heavy atom. The first-order chi connectivity index (χ1) is 14.9. The monoisotopic (exact) mass is 437 g/mol. The molecule has 2 aromatic carbocycles. The van der Waals surface area contributed by atoms with Gasteiger partial charge in [-0.05, 0) is 70.2 Å². The van der Waals surface area contributed by atoms with Gasteiger partial charge in [0, 0.05) is 11.9 Å². The highest BCUT2D eigenvalue weighted by atomic mass is 32.1. The van der Waals surface area contributed by atoms with Crippen LogP contribution in [0.1, 0.15) is 28.1 Å². The van der Waals surface area contributed by atoms with Gasteiger partial charge in [0.05, 0.1) is 17.3 Å². The summed E-state index contributed by atoms with van der Waals surface area (Å²) in [7, 11) is 5.65. The Bertz CT molecular complexity index is 1240. The number of benzene rings is 2. The second-order valence-corrected chi connectivity index (χ2v) is 8.96. The molecule has 2 heterocycles. The first-order valence-corrected chi connectivity index (χ1v) is 11.1. The van der Waals surface area contributed by atoms with Crippen LogP contribution in [0.15, 0.2) is 40.8 Å². The van der Waals surface area contributed by atoms with E-state index in [2.05, 4.69) is 30.9 Å². The van der Waals surface area contributed by atoms with Gasteiger partial charge in [0.1, 0.15) is 0 Å². The number of nitrogens with zero attached hydrogens (tertiary/aromatic N) is 3. The lowest BCUT2D eigenvalue weighted by Gasteiger charge is -2.19. The topological polar surface area (TPSA) is 58.8 Å². The fourth-order valence-electron chi connectivity index (χ4n) is 3.59.